The quantitative estimate of drug-likeness (QED) is 0.858. The van der Waals surface area contributed by atoms with Crippen LogP contribution >= 0.6 is 11.3 Å². The molecule has 0 bridgehead atoms. The minimum absolute atomic E-state index is 0.0321. The Morgan fingerprint density at radius 1 is 1.43 bits per heavy atom. The summed E-state index contributed by atoms with van der Waals surface area (Å²) < 4.78 is 11.4. The van der Waals surface area contributed by atoms with E-state index in [-0.39, 0.29) is 17.3 Å². The van der Waals surface area contributed by atoms with E-state index in [2.05, 4.69) is 4.98 Å². The number of nitrogens with two attached hydrogens (primary N) is 1. The van der Waals surface area contributed by atoms with Crippen molar-refractivity contribution in [3.05, 3.63) is 16.1 Å². The molecule has 116 valence electrons. The Hall–Kier alpha value is -0.820. The summed E-state index contributed by atoms with van der Waals surface area (Å²) in [6.45, 7) is 2.70. The Morgan fingerprint density at radius 3 is 3.00 bits per heavy atom. The van der Waals surface area contributed by atoms with Crippen LogP contribution in [0.2, 0.25) is 0 Å². The van der Waals surface area contributed by atoms with Gasteiger partial charge in [-0.25, -0.2) is 4.98 Å². The lowest BCUT2D eigenvalue weighted by molar-refractivity contribution is -0.142. The lowest BCUT2D eigenvalue weighted by Gasteiger charge is -2.42. The van der Waals surface area contributed by atoms with E-state index in [1.165, 1.54) is 11.3 Å². The van der Waals surface area contributed by atoms with Crippen LogP contribution in [0.5, 0.6) is 0 Å². The van der Waals surface area contributed by atoms with Gasteiger partial charge in [-0.3, -0.25) is 4.79 Å². The first-order valence-corrected chi connectivity index (χ1v) is 8.51. The molecule has 5 nitrogen and oxygen atoms in total. The van der Waals surface area contributed by atoms with E-state index in [1.54, 1.807) is 0 Å². The van der Waals surface area contributed by atoms with Crippen molar-refractivity contribution in [2.45, 2.75) is 37.7 Å². The van der Waals surface area contributed by atoms with E-state index in [0.717, 1.165) is 50.3 Å². The minimum atomic E-state index is -0.146. The average Bonchev–Trinajstić information content (AvgIpc) is 2.96. The largest absolute Gasteiger partial charge is 0.381 e. The number of thiazole rings is 1. The van der Waals surface area contributed by atoms with Gasteiger partial charge in [-0.05, 0) is 32.2 Å². The van der Waals surface area contributed by atoms with Crippen LogP contribution in [0, 0.1) is 5.92 Å². The molecule has 1 aromatic rings. The van der Waals surface area contributed by atoms with Crippen LogP contribution in [0.15, 0.2) is 5.38 Å². The highest BCUT2D eigenvalue weighted by atomic mass is 32.1. The van der Waals surface area contributed by atoms with Gasteiger partial charge < -0.3 is 15.2 Å². The zero-order chi connectivity index (χ0) is 14.7. The molecule has 0 radical (unpaired) electrons. The van der Waals surface area contributed by atoms with Crippen LogP contribution in [0.25, 0.3) is 0 Å². The highest BCUT2D eigenvalue weighted by molar-refractivity contribution is 7.09. The van der Waals surface area contributed by atoms with Gasteiger partial charge in [-0.1, -0.05) is 0 Å². The number of aromatic nitrogens is 1. The number of ether oxygens (including phenoxy) is 2. The topological polar surface area (TPSA) is 74.4 Å². The fraction of sp³-hybridized carbons (Fsp3) is 0.733. The molecule has 1 atom stereocenters. The van der Waals surface area contributed by atoms with Crippen molar-refractivity contribution in [3.8, 4) is 0 Å². The lowest BCUT2D eigenvalue weighted by atomic mass is 9.78. The first-order valence-electron chi connectivity index (χ1n) is 7.63. The van der Waals surface area contributed by atoms with Crippen molar-refractivity contribution < 1.29 is 14.3 Å². The summed E-state index contributed by atoms with van der Waals surface area (Å²) in [4.78, 5) is 17.1. The third kappa shape index (κ3) is 3.34. The van der Waals surface area contributed by atoms with E-state index in [9.17, 15) is 4.79 Å². The molecule has 1 spiro atoms. The number of carbonyl (C=O) groups excluding carboxylic acids is 1. The molecule has 0 saturated carbocycles. The van der Waals surface area contributed by atoms with E-state index >= 15 is 0 Å². The highest BCUT2D eigenvalue weighted by Gasteiger charge is 2.41. The molecule has 3 heterocycles. The van der Waals surface area contributed by atoms with Gasteiger partial charge in [0.15, 0.2) is 5.78 Å². The predicted octanol–water partition coefficient (Wildman–Crippen LogP) is 1.80. The van der Waals surface area contributed by atoms with Gasteiger partial charge in [0.25, 0.3) is 0 Å². The van der Waals surface area contributed by atoms with Gasteiger partial charge in [0.2, 0.25) is 0 Å². The molecule has 2 aliphatic heterocycles. The second-order valence-corrected chi connectivity index (χ2v) is 6.81. The molecule has 2 saturated heterocycles. The van der Waals surface area contributed by atoms with Crippen LogP contribution in [-0.2, 0) is 15.9 Å². The summed E-state index contributed by atoms with van der Waals surface area (Å²) in [7, 11) is 0. The summed E-state index contributed by atoms with van der Waals surface area (Å²) in [6.07, 6.45) is 4.13. The molecule has 21 heavy (non-hydrogen) atoms. The first-order chi connectivity index (χ1) is 10.2. The fourth-order valence-corrected chi connectivity index (χ4v) is 4.02. The number of carbonyl (C=O) groups is 1. The number of rotatable bonds is 4. The van der Waals surface area contributed by atoms with Gasteiger partial charge >= 0.3 is 0 Å². The van der Waals surface area contributed by atoms with Crippen LogP contribution < -0.4 is 5.73 Å². The SMILES string of the molecule is NCCc1nc(C(=O)C2CCOC3(CCOCC3)C2)cs1. The average molecular weight is 310 g/mol. The Bertz CT molecular complexity index is 491. The van der Waals surface area contributed by atoms with Crippen molar-refractivity contribution in [2.24, 2.45) is 11.7 Å². The van der Waals surface area contributed by atoms with Crippen molar-refractivity contribution >= 4 is 17.1 Å². The molecule has 0 aliphatic carbocycles. The molecule has 6 heteroatoms. The number of hydrogen-bond acceptors (Lipinski definition) is 6. The van der Waals surface area contributed by atoms with Crippen molar-refractivity contribution in [2.75, 3.05) is 26.4 Å². The highest BCUT2D eigenvalue weighted by Crippen LogP contribution is 2.38. The predicted molar refractivity (Wildman–Crippen MR) is 80.7 cm³/mol. The van der Waals surface area contributed by atoms with Gasteiger partial charge in [0, 0.05) is 37.5 Å². The van der Waals surface area contributed by atoms with Crippen LogP contribution in [0.3, 0.4) is 0 Å². The van der Waals surface area contributed by atoms with Gasteiger partial charge in [-0.2, -0.15) is 0 Å². The maximum atomic E-state index is 12.7. The molecule has 2 fully saturated rings. The van der Waals surface area contributed by atoms with Crippen LogP contribution in [0.1, 0.15) is 41.2 Å². The Labute approximate surface area is 128 Å². The number of Topliss-reactive ketones (excluding diaryl/α,β-unsaturated/α-hetero) is 1. The molecular formula is C15H22N2O3S. The summed E-state index contributed by atoms with van der Waals surface area (Å²) in [6, 6.07) is 0. The lowest BCUT2D eigenvalue weighted by Crippen LogP contribution is -2.45. The molecular weight excluding hydrogens is 288 g/mol. The summed E-state index contributed by atoms with van der Waals surface area (Å²) in [5.74, 6) is 0.202. The molecule has 3 rings (SSSR count). The third-order valence-electron chi connectivity index (χ3n) is 4.43. The first kappa shape index (κ1) is 15.1. The van der Waals surface area contributed by atoms with Crippen molar-refractivity contribution in [1.82, 2.24) is 4.98 Å². The van der Waals surface area contributed by atoms with Crippen molar-refractivity contribution in [3.63, 3.8) is 0 Å². The second kappa shape index (κ2) is 6.52. The maximum Gasteiger partial charge on any atom is 0.185 e. The standard InChI is InChI=1S/C15H22N2O3S/c16-5-1-13-17-12(10-21-13)14(18)11-2-6-20-15(9-11)3-7-19-8-4-15/h10-11H,1-9,16H2. The van der Waals surface area contributed by atoms with E-state index in [0.29, 0.717) is 18.8 Å². The molecule has 1 aromatic heterocycles. The zero-order valence-corrected chi connectivity index (χ0v) is 13.0. The second-order valence-electron chi connectivity index (χ2n) is 5.86. The molecule has 1 unspecified atom stereocenters. The summed E-state index contributed by atoms with van der Waals surface area (Å²) in [5.41, 5.74) is 6.00. The Kier molecular flexibility index (Phi) is 4.69. The maximum absolute atomic E-state index is 12.7. The molecule has 0 aromatic carbocycles. The molecule has 2 N–H and O–H groups in total. The summed E-state index contributed by atoms with van der Waals surface area (Å²) in [5, 5.41) is 2.83. The number of nitrogens with zero attached hydrogens (tertiary/aromatic N) is 1. The number of hydrogen-bond donors (Lipinski definition) is 1. The van der Waals surface area contributed by atoms with Crippen molar-refractivity contribution in [1.29, 1.82) is 0 Å². The normalized spacial score (nSPS) is 25.1. The number of ketones is 1. The fourth-order valence-electron chi connectivity index (χ4n) is 3.21. The van der Waals surface area contributed by atoms with Gasteiger partial charge in [-0.15, -0.1) is 11.3 Å². The van der Waals surface area contributed by atoms with E-state index < -0.39 is 0 Å². The van der Waals surface area contributed by atoms with E-state index in [1.807, 2.05) is 5.38 Å². The van der Waals surface area contributed by atoms with Gasteiger partial charge in [0.05, 0.1) is 10.6 Å². The van der Waals surface area contributed by atoms with Crippen LogP contribution in [0.4, 0.5) is 0 Å². The monoisotopic (exact) mass is 310 g/mol. The van der Waals surface area contributed by atoms with E-state index in [4.69, 9.17) is 15.2 Å². The third-order valence-corrected chi connectivity index (χ3v) is 5.34. The summed E-state index contributed by atoms with van der Waals surface area (Å²) >= 11 is 1.53. The van der Waals surface area contributed by atoms with Gasteiger partial charge in [0.1, 0.15) is 5.69 Å². The molecule has 0 amide bonds. The zero-order valence-electron chi connectivity index (χ0n) is 12.2. The van der Waals surface area contributed by atoms with Crippen LogP contribution in [-0.4, -0.2) is 42.7 Å². The Morgan fingerprint density at radius 2 is 2.24 bits per heavy atom. The molecule has 2 aliphatic rings. The smallest absolute Gasteiger partial charge is 0.185 e. The minimum Gasteiger partial charge on any atom is -0.381 e. The Balaban J connectivity index is 1.68.